The molecule has 0 bridgehead atoms. The van der Waals surface area contributed by atoms with Gasteiger partial charge >= 0.3 is 5.82 Å². The minimum absolute atomic E-state index is 0.000712. The number of aromatic amines is 1. The molecule has 2 N–H and O–H groups in total. The van der Waals surface area contributed by atoms with E-state index in [2.05, 4.69) is 26.2 Å². The van der Waals surface area contributed by atoms with E-state index in [0.717, 1.165) is 6.42 Å². The highest BCUT2D eigenvalue weighted by atomic mass is 79.9. The molecule has 0 aliphatic heterocycles. The maximum atomic E-state index is 11.7. The van der Waals surface area contributed by atoms with E-state index >= 15 is 0 Å². The third-order valence-electron chi connectivity index (χ3n) is 2.17. The van der Waals surface area contributed by atoms with Crippen LogP contribution in [0, 0.1) is 10.1 Å². The second kappa shape index (κ2) is 5.81. The first-order chi connectivity index (χ1) is 7.90. The van der Waals surface area contributed by atoms with Gasteiger partial charge in [-0.1, -0.05) is 22.9 Å². The van der Waals surface area contributed by atoms with Crippen LogP contribution in [0.25, 0.3) is 0 Å². The van der Waals surface area contributed by atoms with Gasteiger partial charge in [0.25, 0.3) is 5.91 Å². The number of hydrogen-bond donors (Lipinski definition) is 2. The topological polar surface area (TPSA) is 88.0 Å². The molecule has 1 amide bonds. The van der Waals surface area contributed by atoms with E-state index in [0.29, 0.717) is 4.83 Å². The van der Waals surface area contributed by atoms with Crippen molar-refractivity contribution in [3.8, 4) is 0 Å². The van der Waals surface area contributed by atoms with Gasteiger partial charge in [0.05, 0.1) is 0 Å². The number of alkyl halides is 1. The number of hydrogen-bond acceptors (Lipinski definition) is 3. The fourth-order valence-electron chi connectivity index (χ4n) is 1.47. The van der Waals surface area contributed by atoms with E-state index in [4.69, 9.17) is 0 Å². The van der Waals surface area contributed by atoms with Crippen molar-refractivity contribution in [3.05, 3.63) is 27.9 Å². The summed E-state index contributed by atoms with van der Waals surface area (Å²) >= 11 is 3.40. The molecule has 2 atom stereocenters. The smallest absolute Gasteiger partial charge is 0.321 e. The Morgan fingerprint density at radius 3 is 2.71 bits per heavy atom. The SMILES string of the molecule is CC(Br)CC(C)NC(=O)c1ccc([N+](=O)[O-])[nH]1. The minimum atomic E-state index is -0.569. The van der Waals surface area contributed by atoms with Gasteiger partial charge in [0.15, 0.2) is 5.69 Å². The number of carbonyl (C=O) groups is 1. The second-order valence-corrected chi connectivity index (χ2v) is 5.47. The lowest BCUT2D eigenvalue weighted by atomic mass is 10.2. The number of nitrogens with one attached hydrogen (secondary N) is 2. The lowest BCUT2D eigenvalue weighted by Gasteiger charge is -2.13. The number of nitrogens with zero attached hydrogens (tertiary/aromatic N) is 1. The van der Waals surface area contributed by atoms with Crippen molar-refractivity contribution in [2.75, 3.05) is 0 Å². The first kappa shape index (κ1) is 13.7. The van der Waals surface area contributed by atoms with E-state index in [1.165, 1.54) is 12.1 Å². The Labute approximate surface area is 107 Å². The molecule has 1 rings (SSSR count). The number of halogens is 1. The predicted molar refractivity (Wildman–Crippen MR) is 67.4 cm³/mol. The van der Waals surface area contributed by atoms with Crippen LogP contribution >= 0.6 is 15.9 Å². The molecule has 1 aromatic rings. The molecule has 0 fully saturated rings. The van der Waals surface area contributed by atoms with Crippen LogP contribution in [0.2, 0.25) is 0 Å². The summed E-state index contributed by atoms with van der Waals surface area (Å²) in [6.07, 6.45) is 0.786. The number of H-pyrrole nitrogens is 1. The first-order valence-corrected chi connectivity index (χ1v) is 6.10. The Hall–Kier alpha value is -1.37. The van der Waals surface area contributed by atoms with Crippen LogP contribution in [0.3, 0.4) is 0 Å². The Kier molecular flexibility index (Phi) is 4.68. The molecule has 0 aromatic carbocycles. The Balaban J connectivity index is 2.60. The van der Waals surface area contributed by atoms with Crippen molar-refractivity contribution >= 4 is 27.7 Å². The number of carbonyl (C=O) groups excluding carboxylic acids is 1. The average Bonchev–Trinajstić information content (AvgIpc) is 2.64. The average molecular weight is 304 g/mol. The summed E-state index contributed by atoms with van der Waals surface area (Å²) < 4.78 is 0. The zero-order chi connectivity index (χ0) is 13.0. The van der Waals surface area contributed by atoms with Crippen LogP contribution in [-0.2, 0) is 0 Å². The van der Waals surface area contributed by atoms with Gasteiger partial charge in [-0.25, -0.2) is 4.98 Å². The fourth-order valence-corrected chi connectivity index (χ4v) is 2.03. The molecule has 2 unspecified atom stereocenters. The van der Waals surface area contributed by atoms with Crippen LogP contribution in [0.4, 0.5) is 5.82 Å². The van der Waals surface area contributed by atoms with Gasteiger partial charge < -0.3 is 15.4 Å². The van der Waals surface area contributed by atoms with E-state index in [1.807, 2.05) is 13.8 Å². The maximum Gasteiger partial charge on any atom is 0.321 e. The summed E-state index contributed by atoms with van der Waals surface area (Å²) in [5.41, 5.74) is 0.200. The van der Waals surface area contributed by atoms with Crippen LogP contribution in [0.1, 0.15) is 30.8 Å². The molecule has 0 saturated heterocycles. The van der Waals surface area contributed by atoms with Crippen LogP contribution in [0.15, 0.2) is 12.1 Å². The third-order valence-corrected chi connectivity index (χ3v) is 2.54. The molecule has 94 valence electrons. The van der Waals surface area contributed by atoms with Gasteiger partial charge in [-0.05, 0) is 24.3 Å². The summed E-state index contributed by atoms with van der Waals surface area (Å²) in [7, 11) is 0. The van der Waals surface area contributed by atoms with Gasteiger partial charge in [0, 0.05) is 16.9 Å². The molecular weight excluding hydrogens is 290 g/mol. The molecular formula is C10H14BrN3O3. The van der Waals surface area contributed by atoms with E-state index in [-0.39, 0.29) is 23.5 Å². The summed E-state index contributed by atoms with van der Waals surface area (Å²) in [4.78, 5) is 24.3. The van der Waals surface area contributed by atoms with E-state index in [9.17, 15) is 14.9 Å². The molecule has 0 aliphatic carbocycles. The normalized spacial score (nSPS) is 14.1. The highest BCUT2D eigenvalue weighted by molar-refractivity contribution is 9.09. The van der Waals surface area contributed by atoms with Crippen LogP contribution < -0.4 is 5.32 Å². The minimum Gasteiger partial charge on any atom is -0.358 e. The monoisotopic (exact) mass is 303 g/mol. The van der Waals surface area contributed by atoms with Crippen LogP contribution in [0.5, 0.6) is 0 Å². The van der Waals surface area contributed by atoms with E-state index in [1.54, 1.807) is 0 Å². The molecule has 17 heavy (non-hydrogen) atoms. The summed E-state index contributed by atoms with van der Waals surface area (Å²) in [6.45, 7) is 3.87. The molecule has 0 aliphatic rings. The Morgan fingerprint density at radius 2 is 2.24 bits per heavy atom. The number of amides is 1. The highest BCUT2D eigenvalue weighted by Crippen LogP contribution is 2.11. The largest absolute Gasteiger partial charge is 0.358 e. The van der Waals surface area contributed by atoms with Crippen molar-refractivity contribution in [3.63, 3.8) is 0 Å². The van der Waals surface area contributed by atoms with Crippen molar-refractivity contribution in [1.29, 1.82) is 0 Å². The standard InChI is InChI=1S/C10H14BrN3O3/c1-6(11)5-7(2)12-10(15)8-3-4-9(13-8)14(16)17/h3-4,6-7,13H,5H2,1-2H3,(H,12,15). The number of nitro groups is 1. The summed E-state index contributed by atoms with van der Waals surface area (Å²) in [6, 6.07) is 2.67. The first-order valence-electron chi connectivity index (χ1n) is 5.18. The molecule has 6 nitrogen and oxygen atoms in total. The second-order valence-electron chi connectivity index (χ2n) is 3.91. The van der Waals surface area contributed by atoms with Crippen molar-refractivity contribution in [1.82, 2.24) is 10.3 Å². The molecule has 0 saturated carbocycles. The zero-order valence-electron chi connectivity index (χ0n) is 9.57. The Bertz CT molecular complexity index is 417. The van der Waals surface area contributed by atoms with Gasteiger partial charge in [-0.3, -0.25) is 4.79 Å². The molecule has 1 heterocycles. The van der Waals surface area contributed by atoms with E-state index < -0.39 is 4.92 Å². The van der Waals surface area contributed by atoms with Gasteiger partial charge in [0.1, 0.15) is 0 Å². The van der Waals surface area contributed by atoms with Crippen LogP contribution in [-0.4, -0.2) is 26.7 Å². The summed E-state index contributed by atoms with van der Waals surface area (Å²) in [5, 5.41) is 13.2. The Morgan fingerprint density at radius 1 is 1.59 bits per heavy atom. The maximum absolute atomic E-state index is 11.7. The third kappa shape index (κ3) is 4.18. The predicted octanol–water partition coefficient (Wildman–Crippen LogP) is 2.21. The number of aromatic nitrogens is 1. The fraction of sp³-hybridized carbons (Fsp3) is 0.500. The molecule has 0 spiro atoms. The van der Waals surface area contributed by atoms with Crippen molar-refractivity contribution in [2.24, 2.45) is 0 Å². The van der Waals surface area contributed by atoms with Gasteiger partial charge in [-0.15, -0.1) is 0 Å². The lowest BCUT2D eigenvalue weighted by molar-refractivity contribution is -0.389. The quantitative estimate of drug-likeness (QED) is 0.496. The van der Waals surface area contributed by atoms with Crippen molar-refractivity contribution in [2.45, 2.75) is 31.1 Å². The number of rotatable bonds is 5. The molecule has 7 heteroatoms. The zero-order valence-corrected chi connectivity index (χ0v) is 11.2. The highest BCUT2D eigenvalue weighted by Gasteiger charge is 2.17. The van der Waals surface area contributed by atoms with Gasteiger partial charge in [-0.2, -0.15) is 0 Å². The van der Waals surface area contributed by atoms with Gasteiger partial charge in [0.2, 0.25) is 0 Å². The lowest BCUT2D eigenvalue weighted by Crippen LogP contribution is -2.34. The molecule has 1 aromatic heterocycles. The van der Waals surface area contributed by atoms with Crippen molar-refractivity contribution < 1.29 is 9.72 Å². The molecule has 0 radical (unpaired) electrons. The summed E-state index contributed by atoms with van der Waals surface area (Å²) in [5.74, 6) is -0.518.